The number of ether oxygens (including phenoxy) is 2. The van der Waals surface area contributed by atoms with Crippen molar-refractivity contribution in [3.05, 3.63) is 21.9 Å². The first-order valence-corrected chi connectivity index (χ1v) is 11.8. The lowest BCUT2D eigenvalue weighted by atomic mass is 9.79. The molecule has 0 aromatic carbocycles. The Morgan fingerprint density at radius 1 is 1.07 bits per heavy atom. The Labute approximate surface area is 181 Å². The Hall–Kier alpha value is -1.54. The minimum atomic E-state index is -0.753. The number of rotatable bonds is 0. The molecule has 1 aromatic rings. The van der Waals surface area contributed by atoms with Gasteiger partial charge in [-0.1, -0.05) is 11.8 Å². The Morgan fingerprint density at radius 3 is 2.28 bits per heavy atom. The van der Waals surface area contributed by atoms with E-state index in [2.05, 4.69) is 11.4 Å². The minimum Gasteiger partial charge on any atom is -0.443 e. The van der Waals surface area contributed by atoms with Gasteiger partial charge in [0.15, 0.2) is 5.17 Å². The maximum absolute atomic E-state index is 13.0. The topological polar surface area (TPSA) is 68.2 Å². The van der Waals surface area contributed by atoms with Crippen molar-refractivity contribution < 1.29 is 19.1 Å². The average molecular weight is 439 g/mol. The standard InChI is InChI=1S/C21H30N2O4S2/c1-19(2,3)26-17(24)23(18(25)27-20(4,5)6)16-22-21(11-13-29-16)10-7-8-15-14(21)9-12-28-15/h9,12H,7-8,10-11,13H2,1-6H3. The van der Waals surface area contributed by atoms with E-state index in [9.17, 15) is 9.59 Å². The minimum absolute atomic E-state index is 0.360. The molecule has 2 heterocycles. The predicted molar refractivity (Wildman–Crippen MR) is 118 cm³/mol. The summed E-state index contributed by atoms with van der Waals surface area (Å²) in [6, 6.07) is 2.14. The molecule has 8 heteroatoms. The van der Waals surface area contributed by atoms with Gasteiger partial charge in [-0.05, 0) is 84.2 Å². The van der Waals surface area contributed by atoms with Gasteiger partial charge in [-0.2, -0.15) is 4.90 Å². The zero-order chi connectivity index (χ0) is 21.4. The van der Waals surface area contributed by atoms with Crippen molar-refractivity contribution in [1.29, 1.82) is 0 Å². The molecule has 1 atom stereocenters. The predicted octanol–water partition coefficient (Wildman–Crippen LogP) is 5.94. The van der Waals surface area contributed by atoms with Gasteiger partial charge in [0, 0.05) is 10.6 Å². The van der Waals surface area contributed by atoms with Crippen LogP contribution in [-0.4, -0.2) is 39.2 Å². The van der Waals surface area contributed by atoms with Crippen molar-refractivity contribution in [2.45, 2.75) is 84.0 Å². The van der Waals surface area contributed by atoms with Crippen LogP contribution in [0.1, 0.15) is 71.2 Å². The number of amides is 2. The summed E-state index contributed by atoms with van der Waals surface area (Å²) in [5, 5.41) is 2.47. The normalized spacial score (nSPS) is 21.9. The van der Waals surface area contributed by atoms with Crippen molar-refractivity contribution in [3.8, 4) is 0 Å². The highest BCUT2D eigenvalue weighted by Gasteiger charge is 2.43. The maximum Gasteiger partial charge on any atom is 0.426 e. The number of imide groups is 1. The molecule has 1 unspecified atom stereocenters. The van der Waals surface area contributed by atoms with Crippen LogP contribution in [0.3, 0.4) is 0 Å². The van der Waals surface area contributed by atoms with E-state index in [1.165, 1.54) is 22.2 Å². The summed E-state index contributed by atoms with van der Waals surface area (Å²) in [6.45, 7) is 10.6. The van der Waals surface area contributed by atoms with Crippen LogP contribution in [0.15, 0.2) is 16.4 Å². The summed E-state index contributed by atoms with van der Waals surface area (Å²) in [6.07, 6.45) is 2.41. The molecule has 1 aromatic heterocycles. The fourth-order valence-electron chi connectivity index (χ4n) is 3.54. The molecule has 6 nitrogen and oxygen atoms in total. The molecule has 0 saturated carbocycles. The number of fused-ring (bicyclic) bond motifs is 2. The smallest absolute Gasteiger partial charge is 0.426 e. The number of hydrogen-bond donors (Lipinski definition) is 0. The van der Waals surface area contributed by atoms with Gasteiger partial charge in [-0.3, -0.25) is 0 Å². The third kappa shape index (κ3) is 5.15. The molecule has 1 aliphatic carbocycles. The molecule has 3 rings (SSSR count). The lowest BCUT2D eigenvalue weighted by molar-refractivity contribution is 0.0151. The summed E-state index contributed by atoms with van der Waals surface area (Å²) in [7, 11) is 0. The number of nitrogens with zero attached hydrogens (tertiary/aromatic N) is 2. The van der Waals surface area contributed by atoms with Crippen molar-refractivity contribution in [1.82, 2.24) is 4.90 Å². The Balaban J connectivity index is 2.00. The van der Waals surface area contributed by atoms with Crippen molar-refractivity contribution in [2.75, 3.05) is 5.75 Å². The number of aliphatic imine (C=N–C) groups is 1. The summed E-state index contributed by atoms with van der Waals surface area (Å²) in [5.74, 6) is 0.774. The van der Waals surface area contributed by atoms with Gasteiger partial charge in [-0.25, -0.2) is 14.6 Å². The lowest BCUT2D eigenvalue weighted by Gasteiger charge is -2.39. The molecule has 0 fully saturated rings. The maximum atomic E-state index is 13.0. The first-order chi connectivity index (χ1) is 13.4. The molecule has 29 heavy (non-hydrogen) atoms. The van der Waals surface area contributed by atoms with E-state index in [0.717, 1.165) is 36.3 Å². The van der Waals surface area contributed by atoms with Gasteiger partial charge < -0.3 is 9.47 Å². The van der Waals surface area contributed by atoms with E-state index >= 15 is 0 Å². The van der Waals surface area contributed by atoms with Gasteiger partial charge in [0.25, 0.3) is 0 Å². The zero-order valence-electron chi connectivity index (χ0n) is 18.0. The summed E-state index contributed by atoms with van der Waals surface area (Å²) < 4.78 is 11.0. The third-order valence-electron chi connectivity index (χ3n) is 4.64. The summed E-state index contributed by atoms with van der Waals surface area (Å²) in [4.78, 5) is 33.3. The highest BCUT2D eigenvalue weighted by atomic mass is 32.2. The van der Waals surface area contributed by atoms with Crippen LogP contribution in [0.25, 0.3) is 0 Å². The van der Waals surface area contributed by atoms with Crippen molar-refractivity contribution in [3.63, 3.8) is 0 Å². The second-order valence-electron chi connectivity index (χ2n) is 9.43. The quantitative estimate of drug-likeness (QED) is 0.501. The third-order valence-corrected chi connectivity index (χ3v) is 6.56. The largest absolute Gasteiger partial charge is 0.443 e. The highest BCUT2D eigenvalue weighted by Crippen LogP contribution is 2.47. The molecule has 0 N–H and O–H groups in total. The van der Waals surface area contributed by atoms with Gasteiger partial charge in [0.2, 0.25) is 0 Å². The van der Waals surface area contributed by atoms with Gasteiger partial charge in [-0.15, -0.1) is 11.3 Å². The monoisotopic (exact) mass is 438 g/mol. The van der Waals surface area contributed by atoms with Crippen LogP contribution >= 0.6 is 23.1 Å². The van der Waals surface area contributed by atoms with Crippen LogP contribution < -0.4 is 0 Å². The lowest BCUT2D eigenvalue weighted by Crippen LogP contribution is -2.48. The molecule has 0 radical (unpaired) electrons. The van der Waals surface area contributed by atoms with Crippen molar-refractivity contribution in [2.24, 2.45) is 4.99 Å². The number of carbonyl (C=O) groups excluding carboxylic acids is 2. The van der Waals surface area contributed by atoms with Crippen LogP contribution in [0.5, 0.6) is 0 Å². The first kappa shape index (κ1) is 22.2. The average Bonchev–Trinajstić information content (AvgIpc) is 3.02. The van der Waals surface area contributed by atoms with Gasteiger partial charge in [0.1, 0.15) is 11.2 Å². The SMILES string of the molecule is CC(C)(C)OC(=O)N(C(=O)OC(C)(C)C)C1=NC2(CCCc3sccc32)CCS1. The number of thioether (sulfide) groups is 1. The van der Waals surface area contributed by atoms with Gasteiger partial charge in [0.05, 0.1) is 5.54 Å². The zero-order valence-corrected chi connectivity index (χ0v) is 19.7. The molecular formula is C21H30N2O4S2. The Morgan fingerprint density at radius 2 is 1.69 bits per heavy atom. The molecule has 1 spiro atoms. The molecule has 1 aliphatic heterocycles. The van der Waals surface area contributed by atoms with Gasteiger partial charge >= 0.3 is 12.2 Å². The second kappa shape index (κ2) is 7.95. The fraction of sp³-hybridized carbons (Fsp3) is 0.667. The van der Waals surface area contributed by atoms with E-state index in [0.29, 0.717) is 5.17 Å². The Kier molecular flexibility index (Phi) is 6.07. The second-order valence-corrected chi connectivity index (χ2v) is 11.5. The number of carbonyl (C=O) groups is 2. The molecule has 0 saturated heterocycles. The van der Waals surface area contributed by atoms with E-state index in [-0.39, 0.29) is 5.54 Å². The highest BCUT2D eigenvalue weighted by molar-refractivity contribution is 8.13. The fourth-order valence-corrected chi connectivity index (χ4v) is 5.70. The van der Waals surface area contributed by atoms with E-state index in [4.69, 9.17) is 14.5 Å². The van der Waals surface area contributed by atoms with E-state index in [1.54, 1.807) is 52.9 Å². The van der Waals surface area contributed by atoms with Crippen LogP contribution in [0, 0.1) is 0 Å². The number of thiophene rings is 1. The number of amidine groups is 1. The van der Waals surface area contributed by atoms with Crippen molar-refractivity contribution >= 4 is 40.5 Å². The van der Waals surface area contributed by atoms with E-state index in [1.807, 2.05) is 0 Å². The molecule has 2 aliphatic rings. The van der Waals surface area contributed by atoms with E-state index < -0.39 is 23.4 Å². The molecule has 0 bridgehead atoms. The summed E-state index contributed by atoms with van der Waals surface area (Å²) in [5.41, 5.74) is -0.614. The molecule has 2 amide bonds. The molecule has 160 valence electrons. The number of aryl methyl sites for hydroxylation is 1. The van der Waals surface area contributed by atoms with Crippen LogP contribution in [-0.2, 0) is 21.4 Å². The van der Waals surface area contributed by atoms with Crippen LogP contribution in [0.4, 0.5) is 9.59 Å². The number of hydrogen-bond acceptors (Lipinski definition) is 7. The molecular weight excluding hydrogens is 408 g/mol. The Bertz CT molecular complexity index is 791. The van der Waals surface area contributed by atoms with Crippen LogP contribution in [0.2, 0.25) is 0 Å². The first-order valence-electron chi connectivity index (χ1n) is 9.96. The summed E-state index contributed by atoms with van der Waals surface area (Å²) >= 11 is 3.16.